The monoisotopic (exact) mass is 233 g/mol. The van der Waals surface area contributed by atoms with Crippen molar-refractivity contribution in [2.45, 2.75) is 13.0 Å². The van der Waals surface area contributed by atoms with Crippen molar-refractivity contribution in [3.05, 3.63) is 17.8 Å². The van der Waals surface area contributed by atoms with E-state index in [0.29, 0.717) is 6.04 Å². The molecule has 92 valence electrons. The number of nitrogens with one attached hydrogen (secondary N) is 1. The van der Waals surface area contributed by atoms with Crippen LogP contribution in [0.4, 0.5) is 5.82 Å². The molecule has 2 aliphatic heterocycles. The molecular weight excluding hydrogens is 214 g/mol. The van der Waals surface area contributed by atoms with E-state index in [0.717, 1.165) is 32.0 Å². The van der Waals surface area contributed by atoms with Crippen molar-refractivity contribution in [3.8, 4) is 0 Å². The fourth-order valence-electron chi connectivity index (χ4n) is 2.52. The Hall–Kier alpha value is -1.20. The molecule has 0 bridgehead atoms. The highest BCUT2D eigenvalue weighted by molar-refractivity contribution is 5.43. The molecule has 0 unspecified atom stereocenters. The summed E-state index contributed by atoms with van der Waals surface area (Å²) in [6.07, 6.45) is 1.80. The molecule has 0 radical (unpaired) electrons. The average molecular weight is 233 g/mol. The van der Waals surface area contributed by atoms with Gasteiger partial charge in [-0.3, -0.25) is 4.90 Å². The van der Waals surface area contributed by atoms with E-state index < -0.39 is 0 Å². The Kier molecular flexibility index (Phi) is 2.94. The van der Waals surface area contributed by atoms with Crippen LogP contribution in [0.3, 0.4) is 0 Å². The zero-order chi connectivity index (χ0) is 11.7. The third-order valence-electron chi connectivity index (χ3n) is 3.63. The number of rotatable bonds is 2. The second kappa shape index (κ2) is 4.58. The van der Waals surface area contributed by atoms with Crippen LogP contribution in [0, 0.1) is 6.92 Å². The van der Waals surface area contributed by atoms with Crippen LogP contribution in [-0.2, 0) is 0 Å². The Morgan fingerprint density at radius 1 is 1.29 bits per heavy atom. The second-order valence-electron chi connectivity index (χ2n) is 4.94. The summed E-state index contributed by atoms with van der Waals surface area (Å²) in [7, 11) is 0. The lowest BCUT2D eigenvalue weighted by Crippen LogP contribution is -2.63. The van der Waals surface area contributed by atoms with Gasteiger partial charge in [0.1, 0.15) is 0 Å². The molecule has 5 heteroatoms. The topological polar surface area (TPSA) is 44.3 Å². The lowest BCUT2D eigenvalue weighted by molar-refractivity contribution is 0.147. The summed E-state index contributed by atoms with van der Waals surface area (Å²) in [5.41, 5.74) is 1.18. The van der Waals surface area contributed by atoms with Crippen LogP contribution >= 0.6 is 0 Å². The molecule has 5 nitrogen and oxygen atoms in total. The second-order valence-corrected chi connectivity index (χ2v) is 4.94. The van der Waals surface area contributed by atoms with Crippen LogP contribution in [-0.4, -0.2) is 60.4 Å². The van der Waals surface area contributed by atoms with E-state index in [1.54, 1.807) is 6.20 Å². The van der Waals surface area contributed by atoms with Gasteiger partial charge in [0.15, 0.2) is 5.82 Å². The fourth-order valence-corrected chi connectivity index (χ4v) is 2.52. The zero-order valence-corrected chi connectivity index (χ0v) is 10.3. The summed E-state index contributed by atoms with van der Waals surface area (Å²) < 4.78 is 0. The highest BCUT2D eigenvalue weighted by atomic mass is 15.4. The Labute approximate surface area is 102 Å². The predicted octanol–water partition coefficient (Wildman–Crippen LogP) is -0.121. The molecule has 3 heterocycles. The molecule has 0 amide bonds. The summed E-state index contributed by atoms with van der Waals surface area (Å²) in [6, 6.07) is 2.82. The lowest BCUT2D eigenvalue weighted by atomic mass is 10.1. The molecular formula is C12H19N5. The van der Waals surface area contributed by atoms with Crippen molar-refractivity contribution in [1.29, 1.82) is 0 Å². The van der Waals surface area contributed by atoms with Crippen molar-refractivity contribution in [1.82, 2.24) is 20.4 Å². The normalized spacial score (nSPS) is 22.5. The quantitative estimate of drug-likeness (QED) is 0.771. The van der Waals surface area contributed by atoms with Crippen molar-refractivity contribution in [2.75, 3.05) is 44.2 Å². The molecule has 17 heavy (non-hydrogen) atoms. The standard InChI is InChI=1S/C12H19N5/c1-10-6-12(15-14-7-10)17-8-11(9-17)16-4-2-13-3-5-16/h6-7,11,13H,2-5,8-9H2,1H3. The third-order valence-corrected chi connectivity index (χ3v) is 3.63. The van der Waals surface area contributed by atoms with Crippen LogP contribution in [0.5, 0.6) is 0 Å². The van der Waals surface area contributed by atoms with Crippen molar-refractivity contribution < 1.29 is 0 Å². The van der Waals surface area contributed by atoms with Gasteiger partial charge in [-0.2, -0.15) is 5.10 Å². The molecule has 2 fully saturated rings. The van der Waals surface area contributed by atoms with Crippen molar-refractivity contribution in [2.24, 2.45) is 0 Å². The molecule has 3 rings (SSSR count). The maximum atomic E-state index is 4.19. The highest BCUT2D eigenvalue weighted by Crippen LogP contribution is 2.21. The molecule has 0 atom stereocenters. The molecule has 0 aromatic carbocycles. The van der Waals surface area contributed by atoms with Crippen molar-refractivity contribution >= 4 is 5.82 Å². The summed E-state index contributed by atoms with van der Waals surface area (Å²) in [5.74, 6) is 1.02. The summed E-state index contributed by atoms with van der Waals surface area (Å²) >= 11 is 0. The molecule has 2 aliphatic rings. The molecule has 0 saturated carbocycles. The number of anilines is 1. The Balaban J connectivity index is 1.57. The maximum absolute atomic E-state index is 4.19. The van der Waals surface area contributed by atoms with Gasteiger partial charge in [-0.25, -0.2) is 0 Å². The van der Waals surface area contributed by atoms with E-state index in [-0.39, 0.29) is 0 Å². The van der Waals surface area contributed by atoms with Crippen LogP contribution in [0.2, 0.25) is 0 Å². The van der Waals surface area contributed by atoms with Crippen LogP contribution in [0.15, 0.2) is 12.3 Å². The van der Waals surface area contributed by atoms with E-state index in [9.17, 15) is 0 Å². The van der Waals surface area contributed by atoms with Crippen LogP contribution in [0.25, 0.3) is 0 Å². The minimum atomic E-state index is 0.708. The van der Waals surface area contributed by atoms with Gasteiger partial charge in [0.2, 0.25) is 0 Å². The fraction of sp³-hybridized carbons (Fsp3) is 0.667. The summed E-state index contributed by atoms with van der Waals surface area (Å²) in [6.45, 7) is 8.86. The number of hydrogen-bond acceptors (Lipinski definition) is 5. The van der Waals surface area contributed by atoms with Gasteiger partial charge in [0, 0.05) is 45.3 Å². The highest BCUT2D eigenvalue weighted by Gasteiger charge is 2.33. The predicted molar refractivity (Wildman–Crippen MR) is 67.2 cm³/mol. The number of aromatic nitrogens is 2. The smallest absolute Gasteiger partial charge is 0.151 e. The van der Waals surface area contributed by atoms with Crippen LogP contribution < -0.4 is 10.2 Å². The lowest BCUT2D eigenvalue weighted by Gasteiger charge is -2.47. The van der Waals surface area contributed by atoms with E-state index >= 15 is 0 Å². The Morgan fingerprint density at radius 2 is 2.06 bits per heavy atom. The van der Waals surface area contributed by atoms with Crippen LogP contribution in [0.1, 0.15) is 5.56 Å². The average Bonchev–Trinajstić information content (AvgIpc) is 2.28. The van der Waals surface area contributed by atoms with E-state index in [4.69, 9.17) is 0 Å². The van der Waals surface area contributed by atoms with Gasteiger partial charge in [-0.1, -0.05) is 0 Å². The minimum absolute atomic E-state index is 0.708. The zero-order valence-electron chi connectivity index (χ0n) is 10.3. The first-order valence-electron chi connectivity index (χ1n) is 6.32. The molecule has 1 aromatic rings. The molecule has 1 N–H and O–H groups in total. The number of hydrogen-bond donors (Lipinski definition) is 1. The molecule has 0 spiro atoms. The molecule has 1 aromatic heterocycles. The first-order valence-corrected chi connectivity index (χ1v) is 6.32. The van der Waals surface area contributed by atoms with E-state index in [1.165, 1.54) is 18.7 Å². The van der Waals surface area contributed by atoms with E-state index in [2.05, 4.69) is 38.3 Å². The third kappa shape index (κ3) is 2.25. The first kappa shape index (κ1) is 10.9. The maximum Gasteiger partial charge on any atom is 0.151 e. The SMILES string of the molecule is Cc1cnnc(N2CC(N3CCNCC3)C2)c1. The van der Waals surface area contributed by atoms with Gasteiger partial charge in [0.05, 0.1) is 6.20 Å². The van der Waals surface area contributed by atoms with Gasteiger partial charge >= 0.3 is 0 Å². The minimum Gasteiger partial charge on any atom is -0.352 e. The van der Waals surface area contributed by atoms with E-state index in [1.807, 2.05) is 0 Å². The number of piperazine rings is 1. The largest absolute Gasteiger partial charge is 0.352 e. The number of nitrogens with zero attached hydrogens (tertiary/aromatic N) is 4. The van der Waals surface area contributed by atoms with Crippen molar-refractivity contribution in [3.63, 3.8) is 0 Å². The number of aryl methyl sites for hydroxylation is 1. The first-order chi connectivity index (χ1) is 8.33. The van der Waals surface area contributed by atoms with Gasteiger partial charge in [-0.05, 0) is 18.6 Å². The Bertz CT molecular complexity index is 382. The summed E-state index contributed by atoms with van der Waals surface area (Å²) in [4.78, 5) is 4.89. The van der Waals surface area contributed by atoms with Gasteiger partial charge in [0.25, 0.3) is 0 Å². The Morgan fingerprint density at radius 3 is 2.76 bits per heavy atom. The summed E-state index contributed by atoms with van der Waals surface area (Å²) in [5, 5.41) is 11.6. The molecule has 2 saturated heterocycles. The van der Waals surface area contributed by atoms with Gasteiger partial charge < -0.3 is 10.2 Å². The van der Waals surface area contributed by atoms with Gasteiger partial charge in [-0.15, -0.1) is 5.10 Å². The molecule has 0 aliphatic carbocycles.